The second kappa shape index (κ2) is 3.29. The van der Waals surface area contributed by atoms with Crippen molar-refractivity contribution in [3.05, 3.63) is 34.9 Å². The van der Waals surface area contributed by atoms with Crippen LogP contribution in [-0.2, 0) is 6.42 Å². The summed E-state index contributed by atoms with van der Waals surface area (Å²) in [5.41, 5.74) is 6.47. The van der Waals surface area contributed by atoms with Gasteiger partial charge in [0.15, 0.2) is 0 Å². The molecule has 0 radical (unpaired) electrons. The molecule has 1 aromatic rings. The van der Waals surface area contributed by atoms with E-state index in [1.54, 1.807) is 0 Å². The van der Waals surface area contributed by atoms with Crippen molar-refractivity contribution in [3.63, 3.8) is 0 Å². The van der Waals surface area contributed by atoms with E-state index in [1.165, 1.54) is 6.07 Å². The van der Waals surface area contributed by atoms with Gasteiger partial charge < -0.3 is 10.8 Å². The van der Waals surface area contributed by atoms with Crippen molar-refractivity contribution in [3.8, 4) is 0 Å². The lowest BCUT2D eigenvalue weighted by molar-refractivity contribution is 0.127. The molecule has 76 valence electrons. The van der Waals surface area contributed by atoms with E-state index in [0.29, 0.717) is 24.0 Å². The first kappa shape index (κ1) is 9.55. The number of nitrogens with two attached hydrogens (primary N) is 1. The molecule has 14 heavy (non-hydrogen) atoms. The number of halogens is 2. The Balaban J connectivity index is 2.54. The molecule has 0 spiro atoms. The molecule has 2 unspecified atom stereocenters. The summed E-state index contributed by atoms with van der Waals surface area (Å²) in [6.45, 7) is 0. The van der Waals surface area contributed by atoms with Crippen LogP contribution in [0.5, 0.6) is 0 Å². The van der Waals surface area contributed by atoms with E-state index in [9.17, 15) is 13.9 Å². The molecule has 3 N–H and O–H groups in total. The second-order valence-electron chi connectivity index (χ2n) is 3.59. The topological polar surface area (TPSA) is 46.2 Å². The zero-order valence-electron chi connectivity index (χ0n) is 7.50. The van der Waals surface area contributed by atoms with Crippen LogP contribution >= 0.6 is 0 Å². The zero-order chi connectivity index (χ0) is 10.3. The van der Waals surface area contributed by atoms with Crippen molar-refractivity contribution >= 4 is 0 Å². The highest BCUT2D eigenvalue weighted by molar-refractivity contribution is 5.35. The first-order chi connectivity index (χ1) is 6.59. The Hall–Kier alpha value is -1.00. The Kier molecular flexibility index (Phi) is 2.25. The molecular weight excluding hydrogens is 188 g/mol. The highest BCUT2D eigenvalue weighted by Crippen LogP contribution is 2.30. The number of fused-ring (bicyclic) bond motifs is 1. The third-order valence-corrected chi connectivity index (χ3v) is 2.66. The van der Waals surface area contributed by atoms with Crippen molar-refractivity contribution in [2.24, 2.45) is 5.73 Å². The van der Waals surface area contributed by atoms with Crippen LogP contribution in [0.1, 0.15) is 23.6 Å². The summed E-state index contributed by atoms with van der Waals surface area (Å²) in [4.78, 5) is 0. The van der Waals surface area contributed by atoms with Gasteiger partial charge in [-0.15, -0.1) is 0 Å². The van der Waals surface area contributed by atoms with Crippen molar-refractivity contribution in [2.45, 2.75) is 25.0 Å². The molecule has 0 aromatic heterocycles. The van der Waals surface area contributed by atoms with Crippen LogP contribution in [0.25, 0.3) is 0 Å². The largest absolute Gasteiger partial charge is 0.391 e. The molecule has 0 fully saturated rings. The van der Waals surface area contributed by atoms with E-state index < -0.39 is 23.8 Å². The summed E-state index contributed by atoms with van der Waals surface area (Å²) < 4.78 is 26.1. The standard InChI is InChI=1S/C10H11F2NO/c11-5-3-7-6(8(12)4-5)1-2-9(14)10(7)13/h3-4,9-10,14H,1-2,13H2. The van der Waals surface area contributed by atoms with Crippen LogP contribution in [0, 0.1) is 11.6 Å². The maximum Gasteiger partial charge on any atom is 0.129 e. The highest BCUT2D eigenvalue weighted by atomic mass is 19.1. The zero-order valence-corrected chi connectivity index (χ0v) is 7.50. The van der Waals surface area contributed by atoms with Crippen molar-refractivity contribution in [1.29, 1.82) is 0 Å². The van der Waals surface area contributed by atoms with Gasteiger partial charge in [0.2, 0.25) is 0 Å². The van der Waals surface area contributed by atoms with Gasteiger partial charge in [-0.05, 0) is 30.0 Å². The lowest BCUT2D eigenvalue weighted by atomic mass is 9.86. The Bertz CT molecular complexity index is 367. The summed E-state index contributed by atoms with van der Waals surface area (Å²) in [6, 6.07) is 1.37. The Labute approximate surface area is 80.4 Å². The first-order valence-corrected chi connectivity index (χ1v) is 4.51. The molecule has 2 nitrogen and oxygen atoms in total. The molecule has 1 aliphatic rings. The maximum atomic E-state index is 13.3. The number of hydrogen-bond donors (Lipinski definition) is 2. The Morgan fingerprint density at radius 2 is 2.07 bits per heavy atom. The third kappa shape index (κ3) is 1.40. The average molecular weight is 199 g/mol. The molecule has 0 aliphatic heterocycles. The summed E-state index contributed by atoms with van der Waals surface area (Å²) >= 11 is 0. The van der Waals surface area contributed by atoms with Gasteiger partial charge in [-0.25, -0.2) is 8.78 Å². The van der Waals surface area contributed by atoms with Crippen LogP contribution in [0.4, 0.5) is 8.78 Å². The molecule has 4 heteroatoms. The van der Waals surface area contributed by atoms with E-state index in [2.05, 4.69) is 0 Å². The monoisotopic (exact) mass is 199 g/mol. The molecule has 0 saturated carbocycles. The summed E-state index contributed by atoms with van der Waals surface area (Å²) in [5, 5.41) is 9.44. The van der Waals surface area contributed by atoms with Crippen LogP contribution in [0.3, 0.4) is 0 Å². The van der Waals surface area contributed by atoms with E-state index in [4.69, 9.17) is 5.73 Å². The fourth-order valence-electron chi connectivity index (χ4n) is 1.86. The van der Waals surface area contributed by atoms with Gasteiger partial charge in [0.05, 0.1) is 12.1 Å². The summed E-state index contributed by atoms with van der Waals surface area (Å²) in [6.07, 6.45) is 0.135. The van der Waals surface area contributed by atoms with E-state index >= 15 is 0 Å². The number of benzene rings is 1. The molecular formula is C10H11F2NO. The molecule has 1 aliphatic carbocycles. The molecule has 0 amide bonds. The molecule has 1 aromatic carbocycles. The SMILES string of the molecule is NC1c2cc(F)cc(F)c2CCC1O. The minimum Gasteiger partial charge on any atom is -0.391 e. The van der Waals surface area contributed by atoms with Gasteiger partial charge in [-0.3, -0.25) is 0 Å². The van der Waals surface area contributed by atoms with Crippen molar-refractivity contribution in [2.75, 3.05) is 0 Å². The van der Waals surface area contributed by atoms with Gasteiger partial charge in [0.25, 0.3) is 0 Å². The summed E-state index contributed by atoms with van der Waals surface area (Å²) in [5.74, 6) is -1.21. The van der Waals surface area contributed by atoms with Gasteiger partial charge in [-0.2, -0.15) is 0 Å². The van der Waals surface area contributed by atoms with Gasteiger partial charge in [0.1, 0.15) is 11.6 Å². The van der Waals surface area contributed by atoms with Crippen molar-refractivity contribution in [1.82, 2.24) is 0 Å². The highest BCUT2D eigenvalue weighted by Gasteiger charge is 2.27. The third-order valence-electron chi connectivity index (χ3n) is 2.66. The number of hydrogen-bond acceptors (Lipinski definition) is 2. The fourth-order valence-corrected chi connectivity index (χ4v) is 1.86. The lowest BCUT2D eigenvalue weighted by Gasteiger charge is -2.27. The molecule has 2 rings (SSSR count). The lowest BCUT2D eigenvalue weighted by Crippen LogP contribution is -2.32. The van der Waals surface area contributed by atoms with E-state index in [0.717, 1.165) is 6.07 Å². The fraction of sp³-hybridized carbons (Fsp3) is 0.400. The van der Waals surface area contributed by atoms with Crippen LogP contribution < -0.4 is 5.73 Å². The molecule has 0 bridgehead atoms. The number of aliphatic hydroxyl groups excluding tert-OH is 1. The second-order valence-corrected chi connectivity index (χ2v) is 3.59. The van der Waals surface area contributed by atoms with E-state index in [-0.39, 0.29) is 0 Å². The number of aliphatic hydroxyl groups is 1. The molecule has 2 atom stereocenters. The van der Waals surface area contributed by atoms with Gasteiger partial charge in [0, 0.05) is 6.07 Å². The average Bonchev–Trinajstić information content (AvgIpc) is 2.12. The Morgan fingerprint density at radius 3 is 2.79 bits per heavy atom. The van der Waals surface area contributed by atoms with Crippen LogP contribution in [0.15, 0.2) is 12.1 Å². The predicted octanol–water partition coefficient (Wildman–Crippen LogP) is 1.27. The number of rotatable bonds is 0. The normalized spacial score (nSPS) is 26.0. The first-order valence-electron chi connectivity index (χ1n) is 4.51. The minimum atomic E-state index is -0.705. The quantitative estimate of drug-likeness (QED) is 0.661. The van der Waals surface area contributed by atoms with Crippen molar-refractivity contribution < 1.29 is 13.9 Å². The minimum absolute atomic E-state index is 0.390. The van der Waals surface area contributed by atoms with Crippen LogP contribution in [-0.4, -0.2) is 11.2 Å². The smallest absolute Gasteiger partial charge is 0.129 e. The molecule has 0 heterocycles. The molecule has 0 saturated heterocycles. The van der Waals surface area contributed by atoms with E-state index in [1.807, 2.05) is 0 Å². The van der Waals surface area contributed by atoms with Gasteiger partial charge >= 0.3 is 0 Å². The maximum absolute atomic E-state index is 13.3. The van der Waals surface area contributed by atoms with Gasteiger partial charge in [-0.1, -0.05) is 0 Å². The predicted molar refractivity (Wildman–Crippen MR) is 47.6 cm³/mol. The summed E-state index contributed by atoms with van der Waals surface area (Å²) in [7, 11) is 0. The Morgan fingerprint density at radius 1 is 1.36 bits per heavy atom. The van der Waals surface area contributed by atoms with Crippen LogP contribution in [0.2, 0.25) is 0 Å².